The Kier molecular flexibility index (Phi) is 13.9. The van der Waals surface area contributed by atoms with E-state index in [0.29, 0.717) is 45.0 Å². The zero-order valence-electron chi connectivity index (χ0n) is 29.1. The molecule has 0 atom stereocenters. The summed E-state index contributed by atoms with van der Waals surface area (Å²) in [5.74, 6) is -1.54. The first kappa shape index (κ1) is 38.1. The molecule has 2 saturated heterocycles. The van der Waals surface area contributed by atoms with Crippen LogP contribution in [-0.2, 0) is 25.6 Å². The predicted octanol–water partition coefficient (Wildman–Crippen LogP) is 5.43. The van der Waals surface area contributed by atoms with E-state index in [0.717, 1.165) is 56.1 Å². The standard InChI is InChI=1S/C37H43N3O5S.C2H2O4/c38-35(41)9-6-22-44-33-26-28(13-16-32(33)45-23-20-39-17-3-4-18-39)37-31(30-7-1-2-8-34(30)46-37)25-27-11-14-29(15-12-27)43-24-21-40-19-5-10-36(40)42;3-1(4)2(5)6/h1-2,7-8,11-16,26H,3-6,9-10,17-25H2,(H2,38,41);(H,3,4)(H,5,6). The summed E-state index contributed by atoms with van der Waals surface area (Å²) in [4.78, 5) is 46.9. The van der Waals surface area contributed by atoms with Crippen LogP contribution in [0.5, 0.6) is 17.2 Å². The fourth-order valence-corrected chi connectivity index (χ4v) is 7.45. The van der Waals surface area contributed by atoms with Crippen molar-refractivity contribution >= 4 is 45.2 Å². The number of amides is 2. The molecule has 1 aromatic heterocycles. The monoisotopic (exact) mass is 731 g/mol. The van der Waals surface area contributed by atoms with Crippen molar-refractivity contribution in [2.24, 2.45) is 5.73 Å². The van der Waals surface area contributed by atoms with E-state index in [-0.39, 0.29) is 18.2 Å². The molecule has 4 N–H and O–H groups in total. The molecular weight excluding hydrogens is 687 g/mol. The van der Waals surface area contributed by atoms with Crippen molar-refractivity contribution in [2.45, 2.75) is 44.9 Å². The number of rotatable bonds is 16. The van der Waals surface area contributed by atoms with Gasteiger partial charge >= 0.3 is 11.9 Å². The molecule has 12 nitrogen and oxygen atoms in total. The first-order valence-corrected chi connectivity index (χ1v) is 18.4. The number of thiophene rings is 1. The second kappa shape index (κ2) is 18.9. The SMILES string of the molecule is NC(=O)CCCOc1cc(-c2sc3ccccc3c2Cc2ccc(OCCN3CCCC3=O)cc2)ccc1OCCN1CCCC1.O=C(O)C(=O)O. The molecule has 6 rings (SSSR count). The lowest BCUT2D eigenvalue weighted by molar-refractivity contribution is -0.159. The van der Waals surface area contributed by atoms with Gasteiger partial charge in [-0.15, -0.1) is 11.3 Å². The minimum atomic E-state index is -1.82. The number of fused-ring (bicyclic) bond motifs is 1. The fraction of sp³-hybridized carbons (Fsp3) is 0.385. The normalized spacial score (nSPS) is 14.2. The number of carbonyl (C=O) groups excluding carboxylic acids is 2. The van der Waals surface area contributed by atoms with Crippen molar-refractivity contribution in [2.75, 3.05) is 52.5 Å². The van der Waals surface area contributed by atoms with Gasteiger partial charge in [-0.3, -0.25) is 14.5 Å². The third-order valence-corrected chi connectivity index (χ3v) is 10.1. The molecule has 4 aromatic rings. The Labute approximate surface area is 306 Å². The predicted molar refractivity (Wildman–Crippen MR) is 198 cm³/mol. The van der Waals surface area contributed by atoms with Crippen LogP contribution in [0, 0.1) is 0 Å². The quantitative estimate of drug-likeness (QED) is 0.0998. The fourth-order valence-electron chi connectivity index (χ4n) is 6.23. The number of ether oxygens (including phenoxy) is 3. The average Bonchev–Trinajstić information content (AvgIpc) is 3.89. The Morgan fingerprint density at radius 2 is 1.50 bits per heavy atom. The molecule has 2 amide bonds. The number of benzene rings is 3. The number of hydrogen-bond donors (Lipinski definition) is 3. The minimum absolute atomic E-state index is 0.221. The van der Waals surface area contributed by atoms with E-state index in [9.17, 15) is 9.59 Å². The van der Waals surface area contributed by atoms with Crippen molar-refractivity contribution in [1.82, 2.24) is 9.80 Å². The van der Waals surface area contributed by atoms with E-state index >= 15 is 0 Å². The van der Waals surface area contributed by atoms with Crippen LogP contribution in [0.3, 0.4) is 0 Å². The Morgan fingerprint density at radius 3 is 2.19 bits per heavy atom. The Hall–Kier alpha value is -5.14. The summed E-state index contributed by atoms with van der Waals surface area (Å²) in [5.41, 5.74) is 8.89. The van der Waals surface area contributed by atoms with Crippen molar-refractivity contribution in [1.29, 1.82) is 0 Å². The molecule has 2 aliphatic rings. The van der Waals surface area contributed by atoms with Crippen LogP contribution in [0.2, 0.25) is 0 Å². The van der Waals surface area contributed by atoms with E-state index in [4.69, 9.17) is 39.7 Å². The Morgan fingerprint density at radius 1 is 0.788 bits per heavy atom. The summed E-state index contributed by atoms with van der Waals surface area (Å²) in [6.45, 7) is 6.09. The molecule has 0 bridgehead atoms. The summed E-state index contributed by atoms with van der Waals surface area (Å²) in [7, 11) is 0. The maximum absolute atomic E-state index is 11.9. The largest absolute Gasteiger partial charge is 0.492 e. The molecule has 3 heterocycles. The van der Waals surface area contributed by atoms with Crippen LogP contribution < -0.4 is 19.9 Å². The Balaban J connectivity index is 0.000000803. The molecule has 276 valence electrons. The van der Waals surface area contributed by atoms with Gasteiger partial charge in [0.1, 0.15) is 19.0 Å². The molecule has 0 aliphatic carbocycles. The highest BCUT2D eigenvalue weighted by molar-refractivity contribution is 7.22. The lowest BCUT2D eigenvalue weighted by atomic mass is 9.98. The molecule has 2 fully saturated rings. The van der Waals surface area contributed by atoms with Crippen molar-refractivity contribution in [3.05, 3.63) is 77.9 Å². The van der Waals surface area contributed by atoms with Gasteiger partial charge in [-0.05, 0) is 104 Å². The maximum atomic E-state index is 11.9. The van der Waals surface area contributed by atoms with Crippen LogP contribution in [0.1, 0.15) is 49.7 Å². The minimum Gasteiger partial charge on any atom is -0.492 e. The first-order valence-electron chi connectivity index (χ1n) is 17.5. The first-order chi connectivity index (χ1) is 25.2. The van der Waals surface area contributed by atoms with Crippen molar-refractivity contribution in [3.63, 3.8) is 0 Å². The zero-order valence-corrected chi connectivity index (χ0v) is 29.9. The van der Waals surface area contributed by atoms with Gasteiger partial charge in [-0.1, -0.05) is 30.3 Å². The number of nitrogens with zero attached hydrogens (tertiary/aromatic N) is 2. The molecule has 3 aromatic carbocycles. The van der Waals surface area contributed by atoms with Gasteiger partial charge in [0, 0.05) is 35.5 Å². The highest BCUT2D eigenvalue weighted by Gasteiger charge is 2.20. The smallest absolute Gasteiger partial charge is 0.414 e. The highest BCUT2D eigenvalue weighted by Crippen LogP contribution is 2.42. The average molecular weight is 732 g/mol. The van der Waals surface area contributed by atoms with Gasteiger partial charge in [0.15, 0.2) is 11.5 Å². The van der Waals surface area contributed by atoms with Crippen LogP contribution in [0.25, 0.3) is 20.5 Å². The summed E-state index contributed by atoms with van der Waals surface area (Å²) < 4.78 is 19.6. The third-order valence-electron chi connectivity index (χ3n) is 8.88. The number of hydrogen-bond acceptors (Lipinski definition) is 9. The van der Waals surface area contributed by atoms with Gasteiger partial charge in [0.05, 0.1) is 13.2 Å². The summed E-state index contributed by atoms with van der Waals surface area (Å²) in [6, 6.07) is 23.0. The molecule has 0 spiro atoms. The van der Waals surface area contributed by atoms with Crippen LogP contribution >= 0.6 is 11.3 Å². The zero-order chi connectivity index (χ0) is 36.9. The molecule has 2 aliphatic heterocycles. The van der Waals surface area contributed by atoms with Crippen LogP contribution in [0.4, 0.5) is 0 Å². The summed E-state index contributed by atoms with van der Waals surface area (Å²) >= 11 is 1.78. The Bertz CT molecular complexity index is 1820. The lowest BCUT2D eigenvalue weighted by Crippen LogP contribution is -2.29. The molecule has 52 heavy (non-hydrogen) atoms. The number of primary amides is 1. The maximum Gasteiger partial charge on any atom is 0.414 e. The second-order valence-corrected chi connectivity index (χ2v) is 13.7. The van der Waals surface area contributed by atoms with Gasteiger partial charge in [0.2, 0.25) is 11.8 Å². The van der Waals surface area contributed by atoms with Crippen LogP contribution in [0.15, 0.2) is 66.7 Å². The number of carboxylic acid groups (broad SMARTS) is 2. The van der Waals surface area contributed by atoms with Gasteiger partial charge < -0.3 is 35.1 Å². The van der Waals surface area contributed by atoms with Gasteiger partial charge in [0.25, 0.3) is 0 Å². The molecule has 13 heteroatoms. The molecule has 0 radical (unpaired) electrons. The van der Waals surface area contributed by atoms with E-state index in [1.54, 1.807) is 11.3 Å². The molecule has 0 unspecified atom stereocenters. The number of aliphatic carboxylic acids is 2. The van der Waals surface area contributed by atoms with Crippen molar-refractivity contribution in [3.8, 4) is 27.7 Å². The molecule has 0 saturated carbocycles. The second-order valence-electron chi connectivity index (χ2n) is 12.6. The molecular formula is C39H45N3O9S. The summed E-state index contributed by atoms with van der Waals surface area (Å²) in [6.07, 6.45) is 5.70. The lowest BCUT2D eigenvalue weighted by Gasteiger charge is -2.17. The van der Waals surface area contributed by atoms with E-state index in [1.165, 1.54) is 38.9 Å². The number of carbonyl (C=O) groups is 4. The number of nitrogens with two attached hydrogens (primary N) is 1. The van der Waals surface area contributed by atoms with Crippen molar-refractivity contribution < 1.29 is 43.6 Å². The number of likely N-dealkylation sites (tertiary alicyclic amines) is 2. The van der Waals surface area contributed by atoms with Gasteiger partial charge in [-0.25, -0.2) is 9.59 Å². The summed E-state index contributed by atoms with van der Waals surface area (Å²) in [5, 5.41) is 16.0. The van der Waals surface area contributed by atoms with Crippen LogP contribution in [-0.4, -0.2) is 96.3 Å². The topological polar surface area (TPSA) is 169 Å². The number of carboxylic acids is 2. The van der Waals surface area contributed by atoms with E-state index in [2.05, 4.69) is 53.4 Å². The van der Waals surface area contributed by atoms with E-state index < -0.39 is 11.9 Å². The third kappa shape index (κ3) is 10.9. The highest BCUT2D eigenvalue weighted by atomic mass is 32.1. The van der Waals surface area contributed by atoms with Gasteiger partial charge in [-0.2, -0.15) is 0 Å². The van der Waals surface area contributed by atoms with E-state index in [1.807, 2.05) is 23.1 Å².